The van der Waals surface area contributed by atoms with E-state index < -0.39 is 0 Å². The minimum atomic E-state index is -0.0307. The van der Waals surface area contributed by atoms with Crippen molar-refractivity contribution in [1.29, 1.82) is 0 Å². The lowest BCUT2D eigenvalue weighted by molar-refractivity contribution is 0.0913. The fourth-order valence-electron chi connectivity index (χ4n) is 4.22. The number of nitrogens with one attached hydrogen (secondary N) is 1. The largest absolute Gasteiger partial charge is 0.349 e. The number of likely N-dealkylation sites (tertiary alicyclic amines) is 1. The molecule has 0 unspecified atom stereocenters. The highest BCUT2D eigenvalue weighted by Crippen LogP contribution is 2.26. The van der Waals surface area contributed by atoms with Gasteiger partial charge in [-0.2, -0.15) is 5.10 Å². The summed E-state index contributed by atoms with van der Waals surface area (Å²) in [4.78, 5) is 20.6. The van der Waals surface area contributed by atoms with Crippen LogP contribution < -0.4 is 5.32 Å². The number of carbonyl (C=O) groups excluding carboxylic acids is 1. The molecule has 0 radical (unpaired) electrons. The van der Waals surface area contributed by atoms with Crippen molar-refractivity contribution in [2.24, 2.45) is 0 Å². The summed E-state index contributed by atoms with van der Waals surface area (Å²) >= 11 is 0. The minimum absolute atomic E-state index is 0.0307. The molecule has 1 fully saturated rings. The number of piperidine rings is 1. The molecule has 1 amide bonds. The van der Waals surface area contributed by atoms with E-state index in [0.29, 0.717) is 5.56 Å². The van der Waals surface area contributed by atoms with E-state index in [1.807, 2.05) is 41.1 Å². The minimum Gasteiger partial charge on any atom is -0.349 e. The molecule has 0 saturated carbocycles. The first kappa shape index (κ1) is 20.5. The lowest BCUT2D eigenvalue weighted by Gasteiger charge is -2.32. The second-order valence-corrected chi connectivity index (χ2v) is 8.43. The molecule has 1 aliphatic rings. The molecule has 0 aliphatic carbocycles. The third kappa shape index (κ3) is 4.24. The quantitative estimate of drug-likeness (QED) is 0.665. The zero-order chi connectivity index (χ0) is 21.1. The first-order chi connectivity index (χ1) is 14.6. The lowest BCUT2D eigenvalue weighted by atomic mass is 10.0. The second-order valence-electron chi connectivity index (χ2n) is 8.43. The van der Waals surface area contributed by atoms with Crippen LogP contribution in [0.1, 0.15) is 56.4 Å². The summed E-state index contributed by atoms with van der Waals surface area (Å²) in [6.45, 7) is 9.60. The Bertz CT molecular complexity index is 1000. The lowest BCUT2D eigenvalue weighted by Crippen LogP contribution is -2.44. The number of fused-ring (bicyclic) bond motifs is 1. The van der Waals surface area contributed by atoms with Crippen LogP contribution in [0, 0.1) is 0 Å². The average molecular weight is 406 g/mol. The van der Waals surface area contributed by atoms with Gasteiger partial charge in [-0.05, 0) is 45.7 Å². The van der Waals surface area contributed by atoms with Crippen molar-refractivity contribution in [3.63, 3.8) is 0 Å². The fraction of sp³-hybridized carbons (Fsp3) is 0.458. The SMILES string of the molecule is CCCN1CCC(NC(=O)c2cc(-c3ccccc3)nc3c2cnn3C(C)C)CC1. The molecule has 30 heavy (non-hydrogen) atoms. The van der Waals surface area contributed by atoms with Crippen molar-refractivity contribution in [3.05, 3.63) is 48.2 Å². The molecule has 3 heterocycles. The van der Waals surface area contributed by atoms with Gasteiger partial charge >= 0.3 is 0 Å². The Balaban J connectivity index is 1.65. The summed E-state index contributed by atoms with van der Waals surface area (Å²) in [5.74, 6) is -0.0307. The maximum absolute atomic E-state index is 13.3. The van der Waals surface area contributed by atoms with E-state index in [9.17, 15) is 4.79 Å². The van der Waals surface area contributed by atoms with Crippen LogP contribution in [-0.4, -0.2) is 51.2 Å². The van der Waals surface area contributed by atoms with Crippen molar-refractivity contribution in [1.82, 2.24) is 25.0 Å². The van der Waals surface area contributed by atoms with E-state index in [2.05, 4.69) is 36.1 Å². The standard InChI is InChI=1S/C24H31N5O/c1-4-12-28-13-10-19(11-14-28)26-24(30)20-15-22(18-8-6-5-7-9-18)27-23-21(20)16-25-29(23)17(2)3/h5-9,15-17,19H,4,10-14H2,1-3H3,(H,26,30). The molecule has 158 valence electrons. The normalized spacial score (nSPS) is 15.7. The highest BCUT2D eigenvalue weighted by molar-refractivity contribution is 6.06. The van der Waals surface area contributed by atoms with E-state index in [1.165, 1.54) is 6.42 Å². The fourth-order valence-corrected chi connectivity index (χ4v) is 4.22. The highest BCUT2D eigenvalue weighted by Gasteiger charge is 2.23. The van der Waals surface area contributed by atoms with Gasteiger partial charge in [-0.1, -0.05) is 37.3 Å². The molecule has 0 spiro atoms. The third-order valence-electron chi connectivity index (χ3n) is 5.83. The Hall–Kier alpha value is -2.73. The third-order valence-corrected chi connectivity index (χ3v) is 5.83. The van der Waals surface area contributed by atoms with Crippen molar-refractivity contribution in [2.45, 2.75) is 52.1 Å². The number of aromatic nitrogens is 3. The van der Waals surface area contributed by atoms with Crippen LogP contribution in [0.25, 0.3) is 22.3 Å². The number of hydrogen-bond donors (Lipinski definition) is 1. The predicted octanol–water partition coefficient (Wildman–Crippen LogP) is 4.28. The summed E-state index contributed by atoms with van der Waals surface area (Å²) < 4.78 is 1.89. The zero-order valence-electron chi connectivity index (χ0n) is 18.1. The molecule has 1 saturated heterocycles. The molecule has 0 atom stereocenters. The van der Waals surface area contributed by atoms with Gasteiger partial charge in [0.05, 0.1) is 22.8 Å². The van der Waals surface area contributed by atoms with Gasteiger partial charge in [-0.25, -0.2) is 9.67 Å². The molecule has 6 heteroatoms. The van der Waals surface area contributed by atoms with E-state index >= 15 is 0 Å². The van der Waals surface area contributed by atoms with Crippen molar-refractivity contribution >= 4 is 16.9 Å². The maximum atomic E-state index is 13.3. The number of hydrogen-bond acceptors (Lipinski definition) is 4. The molecule has 1 N–H and O–H groups in total. The van der Waals surface area contributed by atoms with Gasteiger partial charge in [0.2, 0.25) is 0 Å². The van der Waals surface area contributed by atoms with Gasteiger partial charge in [-0.3, -0.25) is 4.79 Å². The number of benzene rings is 1. The van der Waals surface area contributed by atoms with E-state index in [0.717, 1.165) is 54.8 Å². The van der Waals surface area contributed by atoms with Crippen LogP contribution in [0.2, 0.25) is 0 Å². The van der Waals surface area contributed by atoms with Crippen molar-refractivity contribution < 1.29 is 4.79 Å². The van der Waals surface area contributed by atoms with Crippen LogP contribution in [0.3, 0.4) is 0 Å². The van der Waals surface area contributed by atoms with Gasteiger partial charge in [0.1, 0.15) is 0 Å². The number of carbonyl (C=O) groups is 1. The molecular weight excluding hydrogens is 374 g/mol. The molecule has 1 aromatic carbocycles. The Morgan fingerprint density at radius 2 is 1.93 bits per heavy atom. The number of nitrogens with zero attached hydrogens (tertiary/aromatic N) is 4. The average Bonchev–Trinajstić information content (AvgIpc) is 3.19. The number of pyridine rings is 1. The first-order valence-electron chi connectivity index (χ1n) is 11.0. The molecular formula is C24H31N5O. The molecule has 4 rings (SSSR count). The van der Waals surface area contributed by atoms with Crippen molar-refractivity contribution in [2.75, 3.05) is 19.6 Å². The summed E-state index contributed by atoms with van der Waals surface area (Å²) in [5.41, 5.74) is 3.21. The maximum Gasteiger partial charge on any atom is 0.252 e. The van der Waals surface area contributed by atoms with Gasteiger partial charge in [0.15, 0.2) is 5.65 Å². The summed E-state index contributed by atoms with van der Waals surface area (Å²) in [6, 6.07) is 12.3. The summed E-state index contributed by atoms with van der Waals surface area (Å²) in [7, 11) is 0. The van der Waals surface area contributed by atoms with Gasteiger partial charge in [0, 0.05) is 30.7 Å². The topological polar surface area (TPSA) is 63.1 Å². The van der Waals surface area contributed by atoms with Gasteiger partial charge < -0.3 is 10.2 Å². The molecule has 2 aromatic heterocycles. The Kier molecular flexibility index (Phi) is 6.13. The highest BCUT2D eigenvalue weighted by atomic mass is 16.1. The smallest absolute Gasteiger partial charge is 0.252 e. The molecule has 1 aliphatic heterocycles. The van der Waals surface area contributed by atoms with Crippen LogP contribution in [0.5, 0.6) is 0 Å². The van der Waals surface area contributed by atoms with Crippen LogP contribution >= 0.6 is 0 Å². The van der Waals surface area contributed by atoms with Crippen LogP contribution in [-0.2, 0) is 0 Å². The van der Waals surface area contributed by atoms with E-state index in [4.69, 9.17) is 4.98 Å². The van der Waals surface area contributed by atoms with Crippen molar-refractivity contribution in [3.8, 4) is 11.3 Å². The number of rotatable bonds is 6. The zero-order valence-corrected chi connectivity index (χ0v) is 18.1. The predicted molar refractivity (Wildman–Crippen MR) is 121 cm³/mol. The van der Waals surface area contributed by atoms with E-state index in [-0.39, 0.29) is 18.0 Å². The second kappa shape index (κ2) is 8.96. The van der Waals surface area contributed by atoms with Gasteiger partial charge in [-0.15, -0.1) is 0 Å². The monoisotopic (exact) mass is 405 g/mol. The first-order valence-corrected chi connectivity index (χ1v) is 11.0. The molecule has 0 bridgehead atoms. The van der Waals surface area contributed by atoms with Crippen LogP contribution in [0.4, 0.5) is 0 Å². The van der Waals surface area contributed by atoms with Gasteiger partial charge in [0.25, 0.3) is 5.91 Å². The number of amides is 1. The van der Waals surface area contributed by atoms with Crippen LogP contribution in [0.15, 0.2) is 42.6 Å². The van der Waals surface area contributed by atoms with E-state index in [1.54, 1.807) is 6.20 Å². The summed E-state index contributed by atoms with van der Waals surface area (Å²) in [6.07, 6.45) is 4.94. The molecule has 6 nitrogen and oxygen atoms in total. The Morgan fingerprint density at radius 3 is 2.60 bits per heavy atom. The Morgan fingerprint density at radius 1 is 1.20 bits per heavy atom. The summed E-state index contributed by atoms with van der Waals surface area (Å²) in [5, 5.41) is 8.60. The Labute approximate surface area is 178 Å². The molecule has 3 aromatic rings.